The van der Waals surface area contributed by atoms with E-state index >= 15 is 0 Å². The molecular formula is C7H9N3O2. The van der Waals surface area contributed by atoms with Crippen molar-refractivity contribution in [3.05, 3.63) is 17.7 Å². The maximum absolute atomic E-state index is 11.0. The molecule has 5 nitrogen and oxygen atoms in total. The summed E-state index contributed by atoms with van der Waals surface area (Å²) in [6.07, 6.45) is 1.59. The third kappa shape index (κ3) is 0.984. The van der Waals surface area contributed by atoms with Gasteiger partial charge in [0, 0.05) is 0 Å². The first-order chi connectivity index (χ1) is 5.81. The minimum atomic E-state index is -0.0692. The van der Waals surface area contributed by atoms with Crippen LogP contribution in [0.5, 0.6) is 0 Å². The number of hydrogen-bond acceptors (Lipinski definition) is 3. The average Bonchev–Trinajstić information content (AvgIpc) is 2.46. The molecule has 5 heteroatoms. The van der Waals surface area contributed by atoms with Crippen LogP contribution in [0.4, 0.5) is 0 Å². The number of nitrogens with zero attached hydrogens (tertiary/aromatic N) is 2. The minimum absolute atomic E-state index is 0.0322. The SMILES string of the molecule is O=C1Cn2c(CO)cnc2CN1. The van der Waals surface area contributed by atoms with Gasteiger partial charge in [-0.15, -0.1) is 0 Å². The molecule has 1 aromatic heterocycles. The third-order valence-electron chi connectivity index (χ3n) is 1.93. The Morgan fingerprint density at radius 1 is 1.75 bits per heavy atom. The van der Waals surface area contributed by atoms with E-state index in [0.29, 0.717) is 12.2 Å². The number of imidazole rings is 1. The number of amides is 1. The Balaban J connectivity index is 2.40. The highest BCUT2D eigenvalue weighted by Crippen LogP contribution is 2.08. The number of fused-ring (bicyclic) bond motifs is 1. The number of carbonyl (C=O) groups excluding carboxylic acids is 1. The van der Waals surface area contributed by atoms with Crippen LogP contribution >= 0.6 is 0 Å². The maximum atomic E-state index is 11.0. The van der Waals surface area contributed by atoms with Crippen LogP contribution in [0.3, 0.4) is 0 Å². The summed E-state index contributed by atoms with van der Waals surface area (Å²) < 4.78 is 1.73. The van der Waals surface area contributed by atoms with Gasteiger partial charge < -0.3 is 15.0 Å². The molecule has 0 fully saturated rings. The molecule has 0 spiro atoms. The molecule has 2 N–H and O–H groups in total. The number of aromatic nitrogens is 2. The first-order valence-corrected chi connectivity index (χ1v) is 3.72. The van der Waals surface area contributed by atoms with Gasteiger partial charge in [-0.1, -0.05) is 0 Å². The van der Waals surface area contributed by atoms with Crippen LogP contribution in [-0.2, 0) is 24.5 Å². The van der Waals surface area contributed by atoms with Gasteiger partial charge in [0.1, 0.15) is 12.4 Å². The number of aliphatic hydroxyl groups is 1. The fourth-order valence-electron chi connectivity index (χ4n) is 1.29. The summed E-state index contributed by atoms with van der Waals surface area (Å²) in [6.45, 7) is 0.657. The highest BCUT2D eigenvalue weighted by atomic mass is 16.3. The largest absolute Gasteiger partial charge is 0.390 e. The second-order valence-electron chi connectivity index (χ2n) is 2.69. The van der Waals surface area contributed by atoms with Crippen LogP contribution in [0, 0.1) is 0 Å². The molecule has 2 heterocycles. The Morgan fingerprint density at radius 3 is 3.33 bits per heavy atom. The molecule has 2 rings (SSSR count). The van der Waals surface area contributed by atoms with Crippen LogP contribution in [0.25, 0.3) is 0 Å². The monoisotopic (exact) mass is 167 g/mol. The van der Waals surface area contributed by atoms with Gasteiger partial charge in [0.15, 0.2) is 0 Å². The number of aliphatic hydroxyl groups excluding tert-OH is 1. The van der Waals surface area contributed by atoms with Gasteiger partial charge in [-0.25, -0.2) is 4.98 Å². The molecule has 0 atom stereocenters. The van der Waals surface area contributed by atoms with Crippen molar-refractivity contribution in [1.29, 1.82) is 0 Å². The fourth-order valence-corrected chi connectivity index (χ4v) is 1.29. The summed E-state index contributed by atoms with van der Waals surface area (Å²) >= 11 is 0. The summed E-state index contributed by atoms with van der Waals surface area (Å²) in [6, 6.07) is 0. The highest BCUT2D eigenvalue weighted by molar-refractivity contribution is 5.76. The zero-order valence-corrected chi connectivity index (χ0v) is 6.45. The second kappa shape index (κ2) is 2.60. The normalized spacial score (nSPS) is 15.6. The van der Waals surface area contributed by atoms with E-state index in [-0.39, 0.29) is 19.1 Å². The molecule has 1 aromatic rings. The average molecular weight is 167 g/mol. The van der Waals surface area contributed by atoms with Gasteiger partial charge in [-0.2, -0.15) is 0 Å². The lowest BCUT2D eigenvalue weighted by atomic mass is 10.4. The number of nitrogens with one attached hydrogen (secondary N) is 1. The molecular weight excluding hydrogens is 158 g/mol. The lowest BCUT2D eigenvalue weighted by molar-refractivity contribution is -0.122. The number of carbonyl (C=O) groups is 1. The zero-order chi connectivity index (χ0) is 8.55. The van der Waals surface area contributed by atoms with E-state index in [1.165, 1.54) is 0 Å². The predicted octanol–water partition coefficient (Wildman–Crippen LogP) is -0.995. The minimum Gasteiger partial charge on any atom is -0.390 e. The van der Waals surface area contributed by atoms with E-state index in [9.17, 15) is 4.79 Å². The van der Waals surface area contributed by atoms with Crippen LogP contribution in [0.2, 0.25) is 0 Å². The molecule has 12 heavy (non-hydrogen) atoms. The number of rotatable bonds is 1. The third-order valence-corrected chi connectivity index (χ3v) is 1.93. The lowest BCUT2D eigenvalue weighted by Gasteiger charge is -2.16. The summed E-state index contributed by atoms with van der Waals surface area (Å²) in [4.78, 5) is 15.0. The van der Waals surface area contributed by atoms with Gasteiger partial charge in [-0.3, -0.25) is 4.79 Å². The van der Waals surface area contributed by atoms with Gasteiger partial charge in [0.2, 0.25) is 5.91 Å². The van der Waals surface area contributed by atoms with Gasteiger partial charge >= 0.3 is 0 Å². The summed E-state index contributed by atoms with van der Waals surface area (Å²) in [5.41, 5.74) is 0.694. The van der Waals surface area contributed by atoms with Crippen molar-refractivity contribution in [3.63, 3.8) is 0 Å². The quantitative estimate of drug-likeness (QED) is 0.564. The van der Waals surface area contributed by atoms with Crippen molar-refractivity contribution in [2.24, 2.45) is 0 Å². The number of hydrogen-bond donors (Lipinski definition) is 2. The smallest absolute Gasteiger partial charge is 0.240 e. The van der Waals surface area contributed by atoms with Crippen LogP contribution in [0.1, 0.15) is 11.5 Å². The van der Waals surface area contributed by atoms with E-state index in [1.54, 1.807) is 10.8 Å². The standard InChI is InChI=1S/C7H9N3O2/c11-4-5-1-8-6-2-9-7(12)3-10(5)6/h1,11H,2-4H2,(H,9,12). The summed E-state index contributed by atoms with van der Waals surface area (Å²) in [5, 5.41) is 11.5. The van der Waals surface area contributed by atoms with E-state index in [2.05, 4.69) is 10.3 Å². The molecule has 0 unspecified atom stereocenters. The lowest BCUT2D eigenvalue weighted by Crippen LogP contribution is -2.34. The van der Waals surface area contributed by atoms with Crippen molar-refractivity contribution in [2.75, 3.05) is 0 Å². The molecule has 0 radical (unpaired) electrons. The Morgan fingerprint density at radius 2 is 2.58 bits per heavy atom. The van der Waals surface area contributed by atoms with Crippen molar-refractivity contribution >= 4 is 5.91 Å². The van der Waals surface area contributed by atoms with Crippen molar-refractivity contribution in [3.8, 4) is 0 Å². The first kappa shape index (κ1) is 7.30. The second-order valence-corrected chi connectivity index (χ2v) is 2.69. The Labute approximate surface area is 69.0 Å². The highest BCUT2D eigenvalue weighted by Gasteiger charge is 2.17. The van der Waals surface area contributed by atoms with Gasteiger partial charge in [0.25, 0.3) is 0 Å². The fraction of sp³-hybridized carbons (Fsp3) is 0.429. The molecule has 1 aliphatic heterocycles. The molecule has 0 saturated carbocycles. The maximum Gasteiger partial charge on any atom is 0.240 e. The molecule has 0 bridgehead atoms. The van der Waals surface area contributed by atoms with E-state index < -0.39 is 0 Å². The van der Waals surface area contributed by atoms with Crippen LogP contribution in [-0.4, -0.2) is 20.6 Å². The Bertz CT molecular complexity index is 305. The van der Waals surface area contributed by atoms with Crippen molar-refractivity contribution in [1.82, 2.24) is 14.9 Å². The zero-order valence-electron chi connectivity index (χ0n) is 6.45. The van der Waals surface area contributed by atoms with E-state index in [1.807, 2.05) is 0 Å². The van der Waals surface area contributed by atoms with E-state index in [0.717, 1.165) is 5.82 Å². The van der Waals surface area contributed by atoms with E-state index in [4.69, 9.17) is 5.11 Å². The van der Waals surface area contributed by atoms with Crippen LogP contribution in [0.15, 0.2) is 6.20 Å². The molecule has 0 aliphatic carbocycles. The summed E-state index contributed by atoms with van der Waals surface area (Å²) in [5.74, 6) is 0.772. The molecule has 0 saturated heterocycles. The molecule has 64 valence electrons. The predicted molar refractivity (Wildman–Crippen MR) is 40.0 cm³/mol. The Hall–Kier alpha value is -1.36. The molecule has 0 aromatic carbocycles. The van der Waals surface area contributed by atoms with Gasteiger partial charge in [0.05, 0.1) is 25.0 Å². The van der Waals surface area contributed by atoms with Crippen LogP contribution < -0.4 is 5.32 Å². The summed E-state index contributed by atoms with van der Waals surface area (Å²) in [7, 11) is 0. The molecule has 1 aliphatic rings. The van der Waals surface area contributed by atoms with Gasteiger partial charge in [-0.05, 0) is 0 Å². The topological polar surface area (TPSA) is 67.2 Å². The Kier molecular flexibility index (Phi) is 1.58. The first-order valence-electron chi connectivity index (χ1n) is 3.72. The molecule has 1 amide bonds. The van der Waals surface area contributed by atoms with Crippen molar-refractivity contribution in [2.45, 2.75) is 19.7 Å². The van der Waals surface area contributed by atoms with Crippen molar-refractivity contribution < 1.29 is 9.90 Å².